The highest BCUT2D eigenvalue weighted by Gasteiger charge is 2.45. The smallest absolute Gasteiger partial charge is 0.426 e. The van der Waals surface area contributed by atoms with E-state index >= 15 is 0 Å². The zero-order chi connectivity index (χ0) is 35.3. The van der Waals surface area contributed by atoms with E-state index in [-0.39, 0.29) is 49.8 Å². The van der Waals surface area contributed by atoms with E-state index in [1.807, 2.05) is 0 Å². The van der Waals surface area contributed by atoms with Gasteiger partial charge in [-0.15, -0.1) is 0 Å². The molecule has 15 heteroatoms. The van der Waals surface area contributed by atoms with Gasteiger partial charge in [0.25, 0.3) is 11.8 Å². The Hall–Kier alpha value is -2.50. The molecule has 0 saturated carbocycles. The molecule has 8 atom stereocenters. The number of ether oxygens (including phenoxy) is 3. The van der Waals surface area contributed by atoms with E-state index in [0.29, 0.717) is 17.6 Å². The van der Waals surface area contributed by atoms with Crippen LogP contribution in [0.3, 0.4) is 0 Å². The molecule has 8 unspecified atom stereocenters. The summed E-state index contributed by atoms with van der Waals surface area (Å²) in [6.07, 6.45) is 0.258. The van der Waals surface area contributed by atoms with Gasteiger partial charge in [-0.3, -0.25) is 29.0 Å². The van der Waals surface area contributed by atoms with Crippen molar-refractivity contribution in [1.29, 1.82) is 2.86 Å². The van der Waals surface area contributed by atoms with Gasteiger partial charge in [0.15, 0.2) is 0 Å². The summed E-state index contributed by atoms with van der Waals surface area (Å²) in [7, 11) is 3.74. The van der Waals surface area contributed by atoms with Gasteiger partial charge in [-0.25, -0.2) is 0 Å². The van der Waals surface area contributed by atoms with Gasteiger partial charge >= 0.3 is 7.12 Å². The van der Waals surface area contributed by atoms with Gasteiger partial charge in [-0.05, 0) is 13.8 Å². The third-order valence-electron chi connectivity index (χ3n) is 7.44. The molecule has 4 aliphatic rings. The molecule has 14 nitrogen and oxygen atoms in total. The molecule has 0 bridgehead atoms. The van der Waals surface area contributed by atoms with Gasteiger partial charge in [0.2, 0.25) is 14.7 Å². The van der Waals surface area contributed by atoms with Crippen LogP contribution in [0.5, 0.6) is 0 Å². The van der Waals surface area contributed by atoms with Gasteiger partial charge in [-0.1, -0.05) is 27.0 Å². The predicted molar refractivity (Wildman–Crippen MR) is 150 cm³/mol. The highest BCUT2D eigenvalue weighted by atomic mass is 16.6. The first-order valence-electron chi connectivity index (χ1n) is 15.8. The lowest BCUT2D eigenvalue weighted by atomic mass is 9.91. The first kappa shape index (κ1) is 30.9. The average molecular weight is 606 g/mol. The molecule has 4 aliphatic heterocycles. The highest BCUT2D eigenvalue weighted by Crippen LogP contribution is 2.33. The molecule has 0 aromatic carbocycles. The molecule has 0 radical (unpaired) electrons. The Kier molecular flexibility index (Phi) is 11.7. The van der Waals surface area contributed by atoms with Crippen LogP contribution in [0, 0.1) is 11.8 Å². The van der Waals surface area contributed by atoms with Crippen molar-refractivity contribution in [2.45, 2.75) is 78.1 Å². The zero-order valence-electron chi connectivity index (χ0n) is 28.8. The minimum Gasteiger partial charge on any atom is -0.426 e. The number of hydrogen-bond acceptors (Lipinski definition) is 12. The van der Waals surface area contributed by atoms with Crippen LogP contribution < -0.4 is 0 Å². The molecule has 0 aromatic rings. The summed E-state index contributed by atoms with van der Waals surface area (Å²) in [6, 6.07) is 0. The summed E-state index contributed by atoms with van der Waals surface area (Å²) >= 11 is 0. The van der Waals surface area contributed by atoms with Crippen LogP contribution in [0.15, 0.2) is 23.3 Å². The van der Waals surface area contributed by atoms with Gasteiger partial charge in [0.05, 0.1) is 56.0 Å². The van der Waals surface area contributed by atoms with E-state index < -0.39 is 55.6 Å². The number of imide groups is 2. The molecule has 4 heterocycles. The largest absolute Gasteiger partial charge is 0.479 e. The normalized spacial score (nSPS) is 33.8. The molecular formula is C27H45BN2O12. The van der Waals surface area contributed by atoms with Crippen molar-refractivity contribution in [3.63, 3.8) is 0 Å². The number of amides is 4. The molecule has 2 fully saturated rings. The molecule has 4 amide bonds. The Labute approximate surface area is 252 Å². The van der Waals surface area contributed by atoms with Crippen LogP contribution in [0.1, 0.15) is 44.2 Å². The number of rotatable bonds is 9. The zero-order valence-corrected chi connectivity index (χ0v) is 24.8. The first-order valence-corrected chi connectivity index (χ1v) is 12.9. The SMILES string of the molecule is [2H]OCC1OC(C2C=C(C)C(=O)N(C)C2=O)CC1O.[2H]OCC1OC(C2C=C(C)C(=O)N(C)C2=O)CC1OCB(O)O.[3H]C.[3H]C. The van der Waals surface area contributed by atoms with Crippen molar-refractivity contribution in [3.05, 3.63) is 23.3 Å². The van der Waals surface area contributed by atoms with E-state index in [1.165, 1.54) is 28.9 Å². The fraction of sp³-hybridized carbons (Fsp3) is 0.704. The van der Waals surface area contributed by atoms with Gasteiger partial charge in [0, 0.05) is 40.8 Å². The van der Waals surface area contributed by atoms with Gasteiger partial charge < -0.3 is 39.6 Å². The maximum Gasteiger partial charge on any atom is 0.479 e. The number of hydrogen-bond donors (Lipinski definition) is 5. The maximum atomic E-state index is 12.3. The van der Waals surface area contributed by atoms with E-state index in [2.05, 4.69) is 10.2 Å². The van der Waals surface area contributed by atoms with Crippen LogP contribution in [0.2, 0.25) is 0 Å². The second kappa shape index (κ2) is 15.8. The lowest BCUT2D eigenvalue weighted by Gasteiger charge is -2.29. The molecule has 238 valence electrons. The third-order valence-corrected chi connectivity index (χ3v) is 7.44. The summed E-state index contributed by atoms with van der Waals surface area (Å²) in [5.74, 6) is -2.55. The number of carbonyl (C=O) groups is 4. The number of carbonyl (C=O) groups excluding carboxylic acids is 4. The Bertz CT molecular complexity index is 1100. The predicted octanol–water partition coefficient (Wildman–Crippen LogP) is -1.58. The van der Waals surface area contributed by atoms with E-state index in [1.54, 1.807) is 26.0 Å². The standard InChI is InChI=1S/C13H20BNO7.C12H17NO5.2CH4/c1-7-3-8(13(18)15(2)12(7)17)9-4-10(11(5-16)22-9)21-6-14(19)20;1-6-3-7(12(17)13(2)11(6)16)9-4-8(15)10(5-14)18-9;;/h3,8-11,16,19-20H,4-6H2,1-2H3;3,7-10,14-15H,4-5H2,1-2H3;2*1H4/i16D;14D;2*1T. The number of nitrogens with zero attached hydrogens (tertiary/aromatic N) is 2. The van der Waals surface area contributed by atoms with Crippen LogP contribution in [0.25, 0.3) is 0 Å². The average Bonchev–Trinajstić information content (AvgIpc) is 3.62. The third kappa shape index (κ3) is 8.11. The first-order chi connectivity index (χ1) is 21.8. The fourth-order valence-corrected chi connectivity index (χ4v) is 5.19. The van der Waals surface area contributed by atoms with Crippen LogP contribution in [-0.4, -0.2) is 139 Å². The van der Waals surface area contributed by atoms with Crippen LogP contribution in [-0.2, 0) is 33.4 Å². The Morgan fingerprint density at radius 1 is 0.929 bits per heavy atom. The second-order valence-corrected chi connectivity index (χ2v) is 10.3. The minimum atomic E-state index is -1.62. The summed E-state index contributed by atoms with van der Waals surface area (Å²) < 4.78 is 41.7. The molecule has 2 saturated heterocycles. The second-order valence-electron chi connectivity index (χ2n) is 10.3. The number of aliphatic hydroxyl groups is 3. The topological polar surface area (TPSA) is 204 Å². The Balaban J connectivity index is 0.000000421. The minimum absolute atomic E-state index is 0.0456. The van der Waals surface area contributed by atoms with E-state index in [0.717, 1.165) is 9.80 Å². The Morgan fingerprint density at radius 3 is 1.86 bits per heavy atom. The highest BCUT2D eigenvalue weighted by molar-refractivity contribution is 6.40. The molecule has 0 aromatic heterocycles. The molecule has 0 aliphatic carbocycles. The summed E-state index contributed by atoms with van der Waals surface area (Å²) in [4.78, 5) is 49.9. The van der Waals surface area contributed by atoms with Crippen molar-refractivity contribution in [2.24, 2.45) is 11.8 Å². The molecule has 0 spiro atoms. The number of aliphatic hydroxyl groups excluding tert-OH is 3. The quantitative estimate of drug-likeness (QED) is 0.149. The fourth-order valence-electron chi connectivity index (χ4n) is 5.19. The van der Waals surface area contributed by atoms with Gasteiger partial charge in [-0.2, -0.15) is 0 Å². The summed E-state index contributed by atoms with van der Waals surface area (Å²) in [5.41, 5.74) is 0.953. The Morgan fingerprint density at radius 2 is 1.38 bits per heavy atom. The summed E-state index contributed by atoms with van der Waals surface area (Å²) in [6.45, 7) is 2.86. The molecular weight excluding hydrogens is 555 g/mol. The van der Waals surface area contributed by atoms with Crippen LogP contribution in [0.4, 0.5) is 0 Å². The maximum absolute atomic E-state index is 12.3. The summed E-state index contributed by atoms with van der Waals surface area (Å²) in [5, 5.41) is 36.1. The van der Waals surface area contributed by atoms with Crippen molar-refractivity contribution >= 4 is 30.7 Å². The molecule has 42 heavy (non-hydrogen) atoms. The van der Waals surface area contributed by atoms with Gasteiger partial charge in [0.1, 0.15) is 12.2 Å². The van der Waals surface area contributed by atoms with Crippen molar-refractivity contribution in [3.8, 4) is 0 Å². The lowest BCUT2D eigenvalue weighted by Crippen LogP contribution is -2.45. The molecule has 5 N–H and O–H groups in total. The van der Waals surface area contributed by atoms with E-state index in [9.17, 15) is 24.3 Å². The number of likely N-dealkylation sites (N-methyl/N-ethyl adjacent to an activating group) is 2. The monoisotopic (exact) mass is 606 g/mol. The molecule has 4 rings (SSSR count). The van der Waals surface area contributed by atoms with Crippen LogP contribution >= 0.6 is 0 Å². The van der Waals surface area contributed by atoms with E-state index in [4.69, 9.17) is 29.9 Å². The lowest BCUT2D eigenvalue weighted by molar-refractivity contribution is -0.149. The van der Waals surface area contributed by atoms with Crippen molar-refractivity contribution in [2.75, 3.05) is 33.8 Å². The van der Waals surface area contributed by atoms with Crippen molar-refractivity contribution < 1.29 is 61.5 Å². The van der Waals surface area contributed by atoms with Crippen molar-refractivity contribution in [1.82, 2.24) is 9.80 Å².